The van der Waals surface area contributed by atoms with E-state index >= 15 is 4.79 Å². The largest absolute Gasteiger partial charge is 0.514 e. The van der Waals surface area contributed by atoms with E-state index in [0.717, 1.165) is 16.0 Å². The highest BCUT2D eigenvalue weighted by atomic mass is 35.5. The van der Waals surface area contributed by atoms with Crippen molar-refractivity contribution in [3.63, 3.8) is 0 Å². The fraction of sp³-hybridized carbons (Fsp3) is 0.431. The number of carbonyl (C=O) groups is 9. The number of fused-ring (bicyclic) bond motifs is 5. The lowest BCUT2D eigenvalue weighted by atomic mass is 9.93. The highest BCUT2D eigenvalue weighted by molar-refractivity contribution is 6.30. The Bertz CT molecular complexity index is 2950. The van der Waals surface area contributed by atoms with Crippen LogP contribution in [0.4, 0.5) is 14.4 Å². The van der Waals surface area contributed by atoms with E-state index < -0.39 is 101 Å². The first-order valence-electron chi connectivity index (χ1n) is 25.9. The molecule has 1 aliphatic rings. The first-order valence-corrected chi connectivity index (χ1v) is 26.3. The molecule has 0 unspecified atom stereocenters. The number of benzene rings is 4. The third kappa shape index (κ3) is 18.7. The summed E-state index contributed by atoms with van der Waals surface area (Å²) in [6.45, 7) is 17.6. The molecule has 0 aromatic heterocycles. The molecule has 0 aliphatic carbocycles. The van der Waals surface area contributed by atoms with Gasteiger partial charge in [0.2, 0.25) is 23.6 Å². The van der Waals surface area contributed by atoms with E-state index in [1.54, 1.807) is 98.7 Å². The number of likely N-dealkylation sites (N-methyl/N-ethyl adjacent to an activating group) is 1. The van der Waals surface area contributed by atoms with Crippen molar-refractivity contribution < 1.29 is 71.9 Å². The molecule has 6 N–H and O–H groups in total. The van der Waals surface area contributed by atoms with Crippen molar-refractivity contribution in [3.8, 4) is 33.8 Å². The van der Waals surface area contributed by atoms with Crippen LogP contribution in [0.3, 0.4) is 0 Å². The monoisotopic (exact) mass is 1130 g/mol. The summed E-state index contributed by atoms with van der Waals surface area (Å²) in [5.41, 5.74) is -0.593. The minimum absolute atomic E-state index is 0.00304. The normalized spacial score (nSPS) is 16.4. The average molecular weight is 1130 g/mol. The van der Waals surface area contributed by atoms with Crippen LogP contribution < -0.4 is 36.1 Å². The molecule has 1 heterocycles. The van der Waals surface area contributed by atoms with Crippen LogP contribution in [0, 0.1) is 0 Å². The lowest BCUT2D eigenvalue weighted by molar-refractivity contribution is -0.142. The van der Waals surface area contributed by atoms with Crippen LogP contribution in [0.15, 0.2) is 84.9 Å². The van der Waals surface area contributed by atoms with Gasteiger partial charge in [0.05, 0.1) is 0 Å². The first kappa shape index (κ1) is 62.6. The Hall–Kier alpha value is -8.20. The Morgan fingerprint density at radius 3 is 1.79 bits per heavy atom. The molecule has 21 nitrogen and oxygen atoms in total. The van der Waals surface area contributed by atoms with Crippen molar-refractivity contribution >= 4 is 65.5 Å². The van der Waals surface area contributed by atoms with Gasteiger partial charge < -0.3 is 60.3 Å². The lowest BCUT2D eigenvalue weighted by Gasteiger charge is -2.33. The quantitative estimate of drug-likeness (QED) is 0.0282. The molecule has 80 heavy (non-hydrogen) atoms. The van der Waals surface area contributed by atoms with Crippen molar-refractivity contribution in [3.05, 3.63) is 107 Å². The standard InChI is InChI=1S/C58H71ClN6O15/c1-32-47(66)64-43(49(68)62-33(2)52(71)72)30-34-16-26-44(76-54(74)79-57(6,7)8)40(29-34)41-31-38(23-27-45(41)77-55(75)80-58(9,10)11)46(50(69)61-32)65(12)51(70)42(15-13-14-28-60-53(73)78-56(3,4)5)63-48(67)37-19-17-35(18-20-37)36-21-24-39(59)25-22-36/h16-27,29,31-33,42-43,46H,13-15,28,30H2,1-12H3,(H,60,73)(H,61,69)(H,62,68)(H,63,67)(H,64,66)(H,71,72)/t32-,33-,42-,43-,46-/m0/s1. The summed E-state index contributed by atoms with van der Waals surface area (Å²) >= 11 is 6.10. The molecule has 0 fully saturated rings. The zero-order valence-corrected chi connectivity index (χ0v) is 47.7. The molecule has 430 valence electrons. The smallest absolute Gasteiger partial charge is 0.480 e. The second-order valence-electron chi connectivity index (χ2n) is 22.2. The van der Waals surface area contributed by atoms with Crippen LogP contribution in [-0.2, 0) is 44.6 Å². The van der Waals surface area contributed by atoms with E-state index in [9.17, 15) is 43.5 Å². The summed E-state index contributed by atoms with van der Waals surface area (Å²) in [6, 6.07) is 15.0. The van der Waals surface area contributed by atoms with E-state index in [-0.39, 0.29) is 59.6 Å². The molecule has 5 atom stereocenters. The fourth-order valence-electron chi connectivity index (χ4n) is 8.07. The third-order valence-electron chi connectivity index (χ3n) is 11.9. The summed E-state index contributed by atoms with van der Waals surface area (Å²) in [7, 11) is 1.32. The molecule has 4 aromatic rings. The lowest BCUT2D eigenvalue weighted by Crippen LogP contribution is -2.56. The topological polar surface area (TPSA) is 283 Å². The van der Waals surface area contributed by atoms with Crippen LogP contribution >= 0.6 is 11.6 Å². The Kier molecular flexibility index (Phi) is 20.9. The van der Waals surface area contributed by atoms with Gasteiger partial charge in [-0.1, -0.05) is 48.0 Å². The van der Waals surface area contributed by atoms with Crippen LogP contribution in [0.1, 0.15) is 123 Å². The highest BCUT2D eigenvalue weighted by Gasteiger charge is 2.37. The number of carboxylic acids is 1. The number of carbonyl (C=O) groups excluding carboxylic acids is 8. The van der Waals surface area contributed by atoms with Gasteiger partial charge in [-0.3, -0.25) is 28.8 Å². The predicted molar refractivity (Wildman–Crippen MR) is 296 cm³/mol. The Morgan fingerprint density at radius 1 is 0.700 bits per heavy atom. The maximum Gasteiger partial charge on any atom is 0.514 e. The molecule has 0 saturated heterocycles. The average Bonchev–Trinajstić information content (AvgIpc) is 3.35. The van der Waals surface area contributed by atoms with Crippen molar-refractivity contribution in [1.82, 2.24) is 31.5 Å². The van der Waals surface area contributed by atoms with E-state index in [2.05, 4.69) is 26.6 Å². The van der Waals surface area contributed by atoms with Gasteiger partial charge >= 0.3 is 24.4 Å². The number of aliphatic carboxylic acids is 1. The van der Waals surface area contributed by atoms with E-state index in [4.69, 9.17) is 35.3 Å². The van der Waals surface area contributed by atoms with Gasteiger partial charge in [0, 0.05) is 41.7 Å². The van der Waals surface area contributed by atoms with Gasteiger partial charge in [0.15, 0.2) is 0 Å². The molecular weight excluding hydrogens is 1060 g/mol. The van der Waals surface area contributed by atoms with E-state index in [0.29, 0.717) is 17.0 Å². The number of nitrogens with one attached hydrogen (secondary N) is 5. The number of halogens is 1. The third-order valence-corrected chi connectivity index (χ3v) is 12.1. The molecule has 5 rings (SSSR count). The van der Waals surface area contributed by atoms with Crippen molar-refractivity contribution in [1.29, 1.82) is 0 Å². The summed E-state index contributed by atoms with van der Waals surface area (Å²) < 4.78 is 27.9. The second-order valence-corrected chi connectivity index (χ2v) is 22.6. The molecule has 6 amide bonds. The SMILES string of the molecule is C[C@H](NC(=O)[C@@H]1Cc2ccc(OC(=O)OC(C)(C)C)c(c2)-c2cc(ccc2OC(=O)OC(C)(C)C)[C@H](N(C)C(=O)[C@H](CCCCNC(=O)OC(C)(C)C)NC(=O)c2ccc(-c3ccc(Cl)cc3)cc2)C(=O)N[C@@H](C)C(=O)N1)C(=O)O. The molecule has 1 aliphatic heterocycles. The van der Waals surface area contributed by atoms with Crippen LogP contribution in [0.5, 0.6) is 11.5 Å². The number of amides is 6. The Balaban J connectivity index is 1.66. The molecular formula is C58H71ClN6O15. The zero-order valence-electron chi connectivity index (χ0n) is 47.0. The fourth-order valence-corrected chi connectivity index (χ4v) is 8.20. The van der Waals surface area contributed by atoms with E-state index in [1.165, 1.54) is 57.3 Å². The molecule has 22 heteroatoms. The van der Waals surface area contributed by atoms with Crippen molar-refractivity contribution in [2.45, 2.75) is 149 Å². The second kappa shape index (κ2) is 26.6. The summed E-state index contributed by atoms with van der Waals surface area (Å²) in [5, 5.41) is 23.3. The van der Waals surface area contributed by atoms with Crippen LogP contribution in [0.2, 0.25) is 5.02 Å². The van der Waals surface area contributed by atoms with Crippen LogP contribution in [0.25, 0.3) is 22.3 Å². The van der Waals surface area contributed by atoms with Gasteiger partial charge in [-0.25, -0.2) is 14.4 Å². The number of hydrogen-bond donors (Lipinski definition) is 6. The van der Waals surface area contributed by atoms with Gasteiger partial charge in [0.1, 0.15) is 58.5 Å². The Morgan fingerprint density at radius 2 is 1.24 bits per heavy atom. The van der Waals surface area contributed by atoms with Gasteiger partial charge in [-0.05, 0) is 166 Å². The summed E-state index contributed by atoms with van der Waals surface area (Å²) in [5.74, 6) is -5.83. The maximum absolute atomic E-state index is 15.2. The van der Waals surface area contributed by atoms with Gasteiger partial charge in [-0.2, -0.15) is 0 Å². The minimum atomic E-state index is -1.66. The van der Waals surface area contributed by atoms with Gasteiger partial charge in [-0.15, -0.1) is 0 Å². The number of carboxylic acid groups (broad SMARTS) is 1. The Labute approximate surface area is 470 Å². The zero-order chi connectivity index (χ0) is 59.4. The molecule has 0 spiro atoms. The van der Waals surface area contributed by atoms with Crippen molar-refractivity contribution in [2.24, 2.45) is 0 Å². The summed E-state index contributed by atoms with van der Waals surface area (Å²) in [6.07, 6.45) is -2.62. The maximum atomic E-state index is 15.2. The predicted octanol–water partition coefficient (Wildman–Crippen LogP) is 8.43. The summed E-state index contributed by atoms with van der Waals surface area (Å²) in [4.78, 5) is 124. The van der Waals surface area contributed by atoms with Crippen molar-refractivity contribution in [2.75, 3.05) is 13.6 Å². The minimum Gasteiger partial charge on any atom is -0.480 e. The number of nitrogens with zero attached hydrogens (tertiary/aromatic N) is 1. The molecule has 4 bridgehead atoms. The van der Waals surface area contributed by atoms with E-state index in [1.807, 2.05) is 12.1 Å². The number of alkyl carbamates (subject to hydrolysis) is 1. The number of rotatable bonds is 15. The van der Waals surface area contributed by atoms with Gasteiger partial charge in [0.25, 0.3) is 5.91 Å². The van der Waals surface area contributed by atoms with Crippen LogP contribution in [-0.4, -0.2) is 118 Å². The number of hydrogen-bond acceptors (Lipinski definition) is 14. The number of unbranched alkanes of at least 4 members (excludes halogenated alkanes) is 1. The molecule has 0 saturated carbocycles. The highest BCUT2D eigenvalue weighted by Crippen LogP contribution is 2.41. The number of ether oxygens (including phenoxy) is 5. The molecule has 0 radical (unpaired) electrons. The molecule has 4 aromatic carbocycles. The first-order chi connectivity index (χ1) is 37.3.